The maximum Gasteiger partial charge on any atom is 0.300 e. The fourth-order valence-electron chi connectivity index (χ4n) is 4.02. The van der Waals surface area contributed by atoms with Crippen LogP contribution < -0.4 is 0 Å². The largest absolute Gasteiger partial charge is 0.389 e. The summed E-state index contributed by atoms with van der Waals surface area (Å²) in [6, 6.07) is 0. The Morgan fingerprint density at radius 1 is 0.850 bits per heavy atom. The van der Waals surface area contributed by atoms with E-state index in [0.717, 1.165) is 38.3 Å². The molecule has 2 fully saturated rings. The molecule has 0 radical (unpaired) electrons. The average molecular weight is 298 g/mol. The maximum atomic E-state index is 13.8. The summed E-state index contributed by atoms with van der Waals surface area (Å²) < 4.78 is 20.2. The van der Waals surface area contributed by atoms with Crippen LogP contribution in [-0.4, -0.2) is 18.2 Å². The Morgan fingerprint density at radius 2 is 1.25 bits per heavy atom. The summed E-state index contributed by atoms with van der Waals surface area (Å²) in [6.07, 6.45) is 14.3. The van der Waals surface area contributed by atoms with Gasteiger partial charge in [-0.25, -0.2) is 0 Å². The van der Waals surface area contributed by atoms with Gasteiger partial charge in [0.25, 0.3) is 0 Å². The van der Waals surface area contributed by atoms with E-state index < -0.39 is 7.37 Å². The van der Waals surface area contributed by atoms with E-state index >= 15 is 0 Å². The third-order valence-corrected chi connectivity index (χ3v) is 9.09. The van der Waals surface area contributed by atoms with Crippen LogP contribution in [0.1, 0.15) is 78.1 Å². The topological polar surface area (TPSA) is 26.3 Å². The first-order chi connectivity index (χ1) is 9.70. The minimum Gasteiger partial charge on any atom is -0.389 e. The molecule has 0 unspecified atom stereocenters. The molecule has 2 aliphatic rings. The van der Waals surface area contributed by atoms with Crippen molar-refractivity contribution in [2.24, 2.45) is 0 Å². The molecular formula is C16H32BO2P. The molecular weight excluding hydrogens is 266 g/mol. The summed E-state index contributed by atoms with van der Waals surface area (Å²) in [6.45, 7) is 4.55. The van der Waals surface area contributed by atoms with Crippen LogP contribution in [0.5, 0.6) is 0 Å². The molecule has 0 spiro atoms. The van der Waals surface area contributed by atoms with Crippen molar-refractivity contribution in [2.75, 3.05) is 0 Å². The van der Waals surface area contributed by atoms with E-state index in [-0.39, 0.29) is 6.92 Å². The Hall–Kier alpha value is 0.255. The zero-order valence-electron chi connectivity index (χ0n) is 13.5. The minimum absolute atomic E-state index is 0.213. The lowest BCUT2D eigenvalue weighted by Crippen LogP contribution is -2.28. The average Bonchev–Trinajstić information content (AvgIpc) is 2.54. The highest BCUT2D eigenvalue weighted by Gasteiger charge is 2.43. The Balaban J connectivity index is 2.14. The van der Waals surface area contributed by atoms with Crippen molar-refractivity contribution in [1.29, 1.82) is 0 Å². The molecule has 0 amide bonds. The highest BCUT2D eigenvalue weighted by atomic mass is 31.2. The van der Waals surface area contributed by atoms with Crippen molar-refractivity contribution in [1.82, 2.24) is 0 Å². The summed E-state index contributed by atoms with van der Waals surface area (Å²) in [5, 5.41) is 0. The van der Waals surface area contributed by atoms with Gasteiger partial charge < -0.3 is 4.44 Å². The van der Waals surface area contributed by atoms with Crippen molar-refractivity contribution >= 4 is 14.3 Å². The van der Waals surface area contributed by atoms with E-state index in [1.54, 1.807) is 0 Å². The monoisotopic (exact) mass is 298 g/mol. The number of rotatable bonds is 6. The lowest BCUT2D eigenvalue weighted by molar-refractivity contribution is 0.391. The van der Waals surface area contributed by atoms with Crippen LogP contribution in [0.3, 0.4) is 0 Å². The molecule has 4 heteroatoms. The smallest absolute Gasteiger partial charge is 0.300 e. The van der Waals surface area contributed by atoms with Gasteiger partial charge in [-0.2, -0.15) is 0 Å². The molecule has 0 N–H and O–H groups in total. The van der Waals surface area contributed by atoms with Gasteiger partial charge in [-0.15, -0.1) is 0 Å². The second-order valence-electron chi connectivity index (χ2n) is 6.77. The first-order valence-corrected chi connectivity index (χ1v) is 10.7. The summed E-state index contributed by atoms with van der Waals surface area (Å²) in [5.74, 6) is 0. The van der Waals surface area contributed by atoms with Crippen LogP contribution in [-0.2, 0) is 9.01 Å². The van der Waals surface area contributed by atoms with Crippen molar-refractivity contribution in [3.8, 4) is 0 Å². The third-order valence-electron chi connectivity index (χ3n) is 5.39. The molecule has 0 atom stereocenters. The van der Waals surface area contributed by atoms with Crippen molar-refractivity contribution in [3.63, 3.8) is 0 Å². The Kier molecular flexibility index (Phi) is 6.68. The molecule has 0 aromatic heterocycles. The van der Waals surface area contributed by atoms with Crippen molar-refractivity contribution in [2.45, 2.75) is 102 Å². The van der Waals surface area contributed by atoms with Crippen LogP contribution in [0.2, 0.25) is 12.6 Å². The van der Waals surface area contributed by atoms with Gasteiger partial charge in [-0.1, -0.05) is 52.4 Å². The van der Waals surface area contributed by atoms with Crippen LogP contribution in [0.4, 0.5) is 0 Å². The van der Waals surface area contributed by atoms with Gasteiger partial charge in [0, 0.05) is 11.3 Å². The zero-order chi connectivity index (χ0) is 14.4. The first-order valence-electron chi connectivity index (χ1n) is 8.98. The lowest BCUT2D eigenvalue weighted by atomic mass is 9.63. The van der Waals surface area contributed by atoms with Gasteiger partial charge in [0.2, 0.25) is 0 Å². The number of hydrogen-bond donors (Lipinski definition) is 0. The fourth-order valence-corrected chi connectivity index (χ4v) is 7.90. The molecule has 0 aromatic carbocycles. The molecule has 2 rings (SSSR count). The Labute approximate surface area is 126 Å². The molecule has 0 aliphatic heterocycles. The predicted octanol–water partition coefficient (Wildman–Crippen LogP) is 5.98. The Morgan fingerprint density at radius 3 is 1.60 bits per heavy atom. The van der Waals surface area contributed by atoms with Gasteiger partial charge in [0.1, 0.15) is 0 Å². The fraction of sp³-hybridized carbons (Fsp3) is 1.00. The molecule has 0 bridgehead atoms. The van der Waals surface area contributed by atoms with E-state index in [2.05, 4.69) is 13.8 Å². The van der Waals surface area contributed by atoms with E-state index in [9.17, 15) is 4.57 Å². The van der Waals surface area contributed by atoms with Crippen molar-refractivity contribution < 1.29 is 9.01 Å². The van der Waals surface area contributed by atoms with Gasteiger partial charge in [0.15, 0.2) is 7.37 Å². The van der Waals surface area contributed by atoms with E-state index in [1.165, 1.54) is 38.5 Å². The highest BCUT2D eigenvalue weighted by Crippen LogP contribution is 2.64. The molecule has 0 aromatic rings. The van der Waals surface area contributed by atoms with E-state index in [1.807, 2.05) is 0 Å². The second kappa shape index (κ2) is 8.04. The predicted molar refractivity (Wildman–Crippen MR) is 89.2 cm³/mol. The second-order valence-corrected chi connectivity index (χ2v) is 9.73. The molecule has 2 aliphatic carbocycles. The SMILES string of the molecule is CCB(CC)OP(=O)(C1CCCCC1)C1CCCCC1. The van der Waals surface area contributed by atoms with Gasteiger partial charge >= 0.3 is 6.92 Å². The van der Waals surface area contributed by atoms with Gasteiger partial charge in [-0.05, 0) is 38.3 Å². The van der Waals surface area contributed by atoms with E-state index in [0.29, 0.717) is 11.3 Å². The van der Waals surface area contributed by atoms with Crippen LogP contribution >= 0.6 is 7.37 Å². The van der Waals surface area contributed by atoms with Gasteiger partial charge in [0.05, 0.1) is 0 Å². The Bertz CT molecular complexity index is 296. The standard InChI is InChI=1S/C16H32BO2P/c1-3-17(4-2)19-20(18,15-11-7-5-8-12-15)16-13-9-6-10-14-16/h15-16H,3-14H2,1-2H3. The van der Waals surface area contributed by atoms with Crippen molar-refractivity contribution in [3.05, 3.63) is 0 Å². The molecule has 2 nitrogen and oxygen atoms in total. The molecule has 0 saturated heterocycles. The van der Waals surface area contributed by atoms with Crippen LogP contribution in [0, 0.1) is 0 Å². The summed E-state index contributed by atoms with van der Waals surface area (Å²) in [5.41, 5.74) is 0.750. The van der Waals surface area contributed by atoms with Crippen LogP contribution in [0.15, 0.2) is 0 Å². The van der Waals surface area contributed by atoms with E-state index in [4.69, 9.17) is 4.44 Å². The minimum atomic E-state index is -2.46. The van der Waals surface area contributed by atoms with Crippen LogP contribution in [0.25, 0.3) is 0 Å². The highest BCUT2D eigenvalue weighted by molar-refractivity contribution is 7.61. The zero-order valence-corrected chi connectivity index (χ0v) is 14.4. The quantitative estimate of drug-likeness (QED) is 0.445. The van der Waals surface area contributed by atoms with Gasteiger partial charge in [-0.3, -0.25) is 4.57 Å². The molecule has 20 heavy (non-hydrogen) atoms. The first kappa shape index (κ1) is 16.6. The molecule has 0 heterocycles. The summed E-state index contributed by atoms with van der Waals surface area (Å²) >= 11 is 0. The third kappa shape index (κ3) is 3.92. The lowest BCUT2D eigenvalue weighted by Gasteiger charge is -2.39. The number of hydrogen-bond acceptors (Lipinski definition) is 2. The summed E-state index contributed by atoms with van der Waals surface area (Å²) in [7, 11) is -2.46. The normalized spacial score (nSPS) is 22.9. The maximum absolute atomic E-state index is 13.8. The summed E-state index contributed by atoms with van der Waals surface area (Å²) in [4.78, 5) is 0. The molecule has 116 valence electrons. The molecule has 2 saturated carbocycles.